The summed E-state index contributed by atoms with van der Waals surface area (Å²) in [5.41, 5.74) is 7.93. The first kappa shape index (κ1) is 11.7. The molecule has 2 nitrogen and oxygen atoms in total. The zero-order chi connectivity index (χ0) is 12.1. The summed E-state index contributed by atoms with van der Waals surface area (Å²) < 4.78 is 0. The van der Waals surface area contributed by atoms with Crippen molar-refractivity contribution in [1.82, 2.24) is 0 Å². The molecule has 0 saturated heterocycles. The third-order valence-corrected chi connectivity index (χ3v) is 2.67. The first-order chi connectivity index (χ1) is 8.25. The topological polar surface area (TPSA) is 38.4 Å². The highest BCUT2D eigenvalue weighted by Gasteiger charge is 1.96. The van der Waals surface area contributed by atoms with Gasteiger partial charge in [0.15, 0.2) is 0 Å². The van der Waals surface area contributed by atoms with Gasteiger partial charge < -0.3 is 5.73 Å². The Morgan fingerprint density at radius 3 is 2.29 bits per heavy atom. The molecular weight excluding hydrogens is 232 g/mol. The summed E-state index contributed by atoms with van der Waals surface area (Å²) in [6, 6.07) is 17.3. The lowest BCUT2D eigenvalue weighted by Gasteiger charge is -2.01. The van der Waals surface area contributed by atoms with Crippen LogP contribution in [0.15, 0.2) is 59.6 Å². The van der Waals surface area contributed by atoms with Gasteiger partial charge in [-0.1, -0.05) is 54.1 Å². The van der Waals surface area contributed by atoms with Crippen LogP contribution in [0.5, 0.6) is 0 Å². The van der Waals surface area contributed by atoms with E-state index < -0.39 is 0 Å². The first-order valence-electron chi connectivity index (χ1n) is 5.35. The lowest BCUT2D eigenvalue weighted by atomic mass is 10.2. The molecular formula is C14H13ClN2. The van der Waals surface area contributed by atoms with Crippen molar-refractivity contribution in [3.8, 4) is 0 Å². The molecule has 86 valence electrons. The quantitative estimate of drug-likeness (QED) is 0.653. The van der Waals surface area contributed by atoms with Crippen LogP contribution in [0.3, 0.4) is 0 Å². The second kappa shape index (κ2) is 5.51. The predicted molar refractivity (Wildman–Crippen MR) is 72.3 cm³/mol. The highest BCUT2D eigenvalue weighted by Crippen LogP contribution is 2.10. The highest BCUT2D eigenvalue weighted by molar-refractivity contribution is 6.30. The minimum Gasteiger partial charge on any atom is -0.383 e. The summed E-state index contributed by atoms with van der Waals surface area (Å²) in [5, 5.41) is 0.730. The summed E-state index contributed by atoms with van der Waals surface area (Å²) in [6.07, 6.45) is 0. The van der Waals surface area contributed by atoms with Crippen molar-refractivity contribution >= 4 is 17.4 Å². The molecule has 0 unspecified atom stereocenters. The second-order valence-electron chi connectivity index (χ2n) is 3.69. The number of nitrogens with zero attached hydrogens (tertiary/aromatic N) is 1. The number of amidine groups is 1. The number of nitrogens with two attached hydrogens (primary N) is 1. The van der Waals surface area contributed by atoms with E-state index in [0.717, 1.165) is 16.1 Å². The van der Waals surface area contributed by atoms with Gasteiger partial charge in [-0.2, -0.15) is 0 Å². The Morgan fingerprint density at radius 1 is 1.00 bits per heavy atom. The molecule has 0 aliphatic rings. The SMILES string of the molecule is NC(=NCc1ccc(Cl)cc1)c1ccccc1. The fourth-order valence-corrected chi connectivity index (χ4v) is 1.59. The van der Waals surface area contributed by atoms with Gasteiger partial charge in [-0.05, 0) is 17.7 Å². The summed E-state index contributed by atoms with van der Waals surface area (Å²) in [5.74, 6) is 0.556. The lowest BCUT2D eigenvalue weighted by Crippen LogP contribution is -2.13. The number of benzene rings is 2. The van der Waals surface area contributed by atoms with Crippen LogP contribution in [-0.4, -0.2) is 5.84 Å². The van der Waals surface area contributed by atoms with Crippen LogP contribution in [-0.2, 0) is 6.54 Å². The molecule has 2 rings (SSSR count). The molecule has 0 amide bonds. The smallest absolute Gasteiger partial charge is 0.125 e. The van der Waals surface area contributed by atoms with Crippen molar-refractivity contribution in [1.29, 1.82) is 0 Å². The third-order valence-electron chi connectivity index (χ3n) is 2.41. The minimum absolute atomic E-state index is 0.556. The van der Waals surface area contributed by atoms with E-state index in [-0.39, 0.29) is 0 Å². The van der Waals surface area contributed by atoms with Crippen molar-refractivity contribution in [2.75, 3.05) is 0 Å². The van der Waals surface area contributed by atoms with Crippen molar-refractivity contribution in [3.63, 3.8) is 0 Å². The zero-order valence-corrected chi connectivity index (χ0v) is 10.1. The maximum Gasteiger partial charge on any atom is 0.125 e. The van der Waals surface area contributed by atoms with Gasteiger partial charge in [0.2, 0.25) is 0 Å². The normalized spacial score (nSPS) is 11.5. The van der Waals surface area contributed by atoms with Gasteiger partial charge >= 0.3 is 0 Å². The van der Waals surface area contributed by atoms with Crippen LogP contribution in [0, 0.1) is 0 Å². The summed E-state index contributed by atoms with van der Waals surface area (Å²) in [4.78, 5) is 4.35. The number of rotatable bonds is 3. The molecule has 2 N–H and O–H groups in total. The average molecular weight is 245 g/mol. The highest BCUT2D eigenvalue weighted by atomic mass is 35.5. The lowest BCUT2D eigenvalue weighted by molar-refractivity contribution is 1.06. The molecule has 0 spiro atoms. The Labute approximate surface area is 106 Å². The van der Waals surface area contributed by atoms with Gasteiger partial charge in [-0.25, -0.2) is 0 Å². The van der Waals surface area contributed by atoms with E-state index in [9.17, 15) is 0 Å². The monoisotopic (exact) mass is 244 g/mol. The van der Waals surface area contributed by atoms with Crippen LogP contribution in [0.1, 0.15) is 11.1 Å². The van der Waals surface area contributed by atoms with E-state index in [1.807, 2.05) is 54.6 Å². The molecule has 0 atom stereocenters. The van der Waals surface area contributed by atoms with E-state index in [2.05, 4.69) is 4.99 Å². The first-order valence-corrected chi connectivity index (χ1v) is 5.73. The van der Waals surface area contributed by atoms with E-state index in [0.29, 0.717) is 12.4 Å². The standard InChI is InChI=1S/C14H13ClN2/c15-13-8-6-11(7-9-13)10-17-14(16)12-4-2-1-3-5-12/h1-9H,10H2,(H2,16,17). The molecule has 0 aromatic heterocycles. The van der Waals surface area contributed by atoms with Crippen molar-refractivity contribution in [2.45, 2.75) is 6.54 Å². The van der Waals surface area contributed by atoms with Crippen molar-refractivity contribution in [2.24, 2.45) is 10.7 Å². The van der Waals surface area contributed by atoms with E-state index >= 15 is 0 Å². The maximum atomic E-state index is 5.90. The maximum absolute atomic E-state index is 5.90. The fraction of sp³-hybridized carbons (Fsp3) is 0.0714. The van der Waals surface area contributed by atoms with Crippen molar-refractivity contribution in [3.05, 3.63) is 70.7 Å². The van der Waals surface area contributed by atoms with Gasteiger partial charge in [-0.3, -0.25) is 4.99 Å². The summed E-state index contributed by atoms with van der Waals surface area (Å²) in [6.45, 7) is 0.567. The molecule has 0 aliphatic carbocycles. The van der Waals surface area contributed by atoms with Crippen LogP contribution in [0.2, 0.25) is 5.02 Å². The van der Waals surface area contributed by atoms with Crippen molar-refractivity contribution < 1.29 is 0 Å². The summed E-state index contributed by atoms with van der Waals surface area (Å²) in [7, 11) is 0. The Bertz CT molecular complexity index is 504. The molecule has 0 fully saturated rings. The number of hydrogen-bond acceptors (Lipinski definition) is 1. The Kier molecular flexibility index (Phi) is 3.78. The van der Waals surface area contributed by atoms with E-state index in [1.54, 1.807) is 0 Å². The molecule has 2 aromatic carbocycles. The third kappa shape index (κ3) is 3.33. The van der Waals surface area contributed by atoms with Gasteiger partial charge in [0, 0.05) is 10.6 Å². The molecule has 0 bridgehead atoms. The van der Waals surface area contributed by atoms with E-state index in [1.165, 1.54) is 0 Å². The molecule has 0 saturated carbocycles. The van der Waals surface area contributed by atoms with Crippen LogP contribution >= 0.6 is 11.6 Å². The fourth-order valence-electron chi connectivity index (χ4n) is 1.47. The average Bonchev–Trinajstić information content (AvgIpc) is 2.39. The molecule has 0 aliphatic heterocycles. The Balaban J connectivity index is 2.08. The minimum atomic E-state index is 0.556. The van der Waals surface area contributed by atoms with Gasteiger partial charge in [0.25, 0.3) is 0 Å². The Morgan fingerprint density at radius 2 is 1.65 bits per heavy atom. The zero-order valence-electron chi connectivity index (χ0n) is 9.31. The number of halogens is 1. The van der Waals surface area contributed by atoms with Crippen LogP contribution in [0.25, 0.3) is 0 Å². The molecule has 17 heavy (non-hydrogen) atoms. The second-order valence-corrected chi connectivity index (χ2v) is 4.13. The Hall–Kier alpha value is -1.80. The van der Waals surface area contributed by atoms with E-state index in [4.69, 9.17) is 17.3 Å². The summed E-state index contributed by atoms with van der Waals surface area (Å²) >= 11 is 5.81. The van der Waals surface area contributed by atoms with Gasteiger partial charge in [0.05, 0.1) is 6.54 Å². The van der Waals surface area contributed by atoms with Crippen LogP contribution in [0.4, 0.5) is 0 Å². The van der Waals surface area contributed by atoms with Gasteiger partial charge in [-0.15, -0.1) is 0 Å². The molecule has 0 heterocycles. The molecule has 3 heteroatoms. The predicted octanol–water partition coefficient (Wildman–Crippen LogP) is 3.25. The number of aliphatic imine (C=N–C) groups is 1. The number of hydrogen-bond donors (Lipinski definition) is 1. The van der Waals surface area contributed by atoms with Crippen LogP contribution < -0.4 is 5.73 Å². The molecule has 2 aromatic rings. The largest absolute Gasteiger partial charge is 0.383 e. The van der Waals surface area contributed by atoms with Gasteiger partial charge in [0.1, 0.15) is 5.84 Å². The molecule has 0 radical (unpaired) electrons.